The molecule has 1 aromatic rings. The topological polar surface area (TPSA) is 38.5 Å². The van der Waals surface area contributed by atoms with Crippen molar-refractivity contribution >= 4 is 5.69 Å². The Bertz CT molecular complexity index is 379. The van der Waals surface area contributed by atoms with E-state index in [9.17, 15) is 0 Å². The average molecular weight is 248 g/mol. The van der Waals surface area contributed by atoms with Gasteiger partial charge in [-0.1, -0.05) is 6.07 Å². The van der Waals surface area contributed by atoms with Crippen molar-refractivity contribution in [1.29, 1.82) is 0 Å². The van der Waals surface area contributed by atoms with Crippen LogP contribution in [0.4, 0.5) is 5.69 Å². The molecule has 18 heavy (non-hydrogen) atoms. The van der Waals surface area contributed by atoms with Crippen molar-refractivity contribution in [2.75, 3.05) is 25.1 Å². The minimum absolute atomic E-state index is 0.330. The Labute approximate surface area is 110 Å². The maximum atomic E-state index is 5.82. The molecule has 0 saturated carbocycles. The van der Waals surface area contributed by atoms with E-state index in [1.165, 1.54) is 18.5 Å². The van der Waals surface area contributed by atoms with Crippen LogP contribution in [0.1, 0.15) is 26.2 Å². The third kappa shape index (κ3) is 3.39. The normalized spacial score (nSPS) is 21.1. The van der Waals surface area contributed by atoms with Gasteiger partial charge in [0.2, 0.25) is 0 Å². The monoisotopic (exact) mass is 248 g/mol. The minimum atomic E-state index is 0.330. The van der Waals surface area contributed by atoms with Gasteiger partial charge in [0, 0.05) is 30.9 Å². The quantitative estimate of drug-likeness (QED) is 0.870. The van der Waals surface area contributed by atoms with Crippen LogP contribution >= 0.6 is 0 Å². The van der Waals surface area contributed by atoms with Gasteiger partial charge in [-0.25, -0.2) is 0 Å². The second kappa shape index (κ2) is 6.10. The summed E-state index contributed by atoms with van der Waals surface area (Å²) in [7, 11) is 1.72. The highest BCUT2D eigenvalue weighted by atomic mass is 16.5. The zero-order chi connectivity index (χ0) is 13.0. The summed E-state index contributed by atoms with van der Waals surface area (Å²) in [5.74, 6) is 1.73. The maximum Gasteiger partial charge on any atom is 0.120 e. The Morgan fingerprint density at radius 1 is 1.50 bits per heavy atom. The lowest BCUT2D eigenvalue weighted by molar-refractivity contribution is 0.415. The lowest BCUT2D eigenvalue weighted by Crippen LogP contribution is -2.21. The Morgan fingerprint density at radius 2 is 2.33 bits per heavy atom. The van der Waals surface area contributed by atoms with Gasteiger partial charge < -0.3 is 15.4 Å². The van der Waals surface area contributed by atoms with E-state index in [4.69, 9.17) is 10.5 Å². The Hall–Kier alpha value is -1.22. The zero-order valence-electron chi connectivity index (χ0n) is 11.4. The lowest BCUT2D eigenvalue weighted by atomic mass is 10.0. The van der Waals surface area contributed by atoms with E-state index in [-0.39, 0.29) is 0 Å². The molecule has 0 radical (unpaired) electrons. The maximum absolute atomic E-state index is 5.82. The van der Waals surface area contributed by atoms with Crippen LogP contribution in [0.3, 0.4) is 0 Å². The zero-order valence-corrected chi connectivity index (χ0v) is 11.4. The van der Waals surface area contributed by atoms with Crippen LogP contribution in [-0.4, -0.2) is 26.2 Å². The standard InChI is InChI=1S/C15H24N2O/c1-12(16)6-7-13-8-9-17(11-13)14-4-3-5-15(10-14)18-2/h3-5,10,12-13H,6-9,11,16H2,1-2H3. The van der Waals surface area contributed by atoms with E-state index in [0.29, 0.717) is 6.04 Å². The summed E-state index contributed by atoms with van der Waals surface area (Å²) in [5.41, 5.74) is 7.10. The van der Waals surface area contributed by atoms with Crippen molar-refractivity contribution in [3.8, 4) is 5.75 Å². The number of nitrogens with zero attached hydrogens (tertiary/aromatic N) is 1. The summed E-state index contributed by atoms with van der Waals surface area (Å²) in [6, 6.07) is 8.66. The van der Waals surface area contributed by atoms with Gasteiger partial charge in [-0.15, -0.1) is 0 Å². The molecule has 2 atom stereocenters. The molecule has 0 aromatic heterocycles. The number of nitrogens with two attached hydrogens (primary N) is 1. The second-order valence-corrected chi connectivity index (χ2v) is 5.36. The van der Waals surface area contributed by atoms with Gasteiger partial charge in [0.1, 0.15) is 5.75 Å². The van der Waals surface area contributed by atoms with Gasteiger partial charge in [0.05, 0.1) is 7.11 Å². The molecule has 2 rings (SSSR count). The van der Waals surface area contributed by atoms with E-state index >= 15 is 0 Å². The summed E-state index contributed by atoms with van der Waals surface area (Å²) >= 11 is 0. The summed E-state index contributed by atoms with van der Waals surface area (Å²) < 4.78 is 5.28. The fraction of sp³-hybridized carbons (Fsp3) is 0.600. The number of methoxy groups -OCH3 is 1. The van der Waals surface area contributed by atoms with Gasteiger partial charge >= 0.3 is 0 Å². The van der Waals surface area contributed by atoms with Gasteiger partial charge in [-0.3, -0.25) is 0 Å². The van der Waals surface area contributed by atoms with Crippen LogP contribution in [0.15, 0.2) is 24.3 Å². The first-order chi connectivity index (χ1) is 8.69. The van der Waals surface area contributed by atoms with Crippen LogP contribution in [0.2, 0.25) is 0 Å². The van der Waals surface area contributed by atoms with E-state index in [1.54, 1.807) is 7.11 Å². The molecular weight excluding hydrogens is 224 g/mol. The predicted molar refractivity (Wildman–Crippen MR) is 76.2 cm³/mol. The van der Waals surface area contributed by atoms with Crippen LogP contribution < -0.4 is 15.4 Å². The molecule has 1 heterocycles. The number of ether oxygens (including phenoxy) is 1. The SMILES string of the molecule is COc1cccc(N2CCC(CCC(C)N)C2)c1. The molecule has 2 N–H and O–H groups in total. The first kappa shape index (κ1) is 13.2. The molecule has 0 amide bonds. The molecule has 1 aliphatic rings. The number of hydrogen-bond acceptors (Lipinski definition) is 3. The van der Waals surface area contributed by atoms with E-state index in [2.05, 4.69) is 30.0 Å². The minimum Gasteiger partial charge on any atom is -0.497 e. The van der Waals surface area contributed by atoms with Crippen molar-refractivity contribution in [3.63, 3.8) is 0 Å². The molecule has 2 unspecified atom stereocenters. The molecular formula is C15H24N2O. The third-order valence-corrected chi connectivity index (χ3v) is 3.73. The van der Waals surface area contributed by atoms with E-state index in [0.717, 1.165) is 31.2 Å². The van der Waals surface area contributed by atoms with Gasteiger partial charge in [-0.2, -0.15) is 0 Å². The molecule has 0 aliphatic carbocycles. The first-order valence-corrected chi connectivity index (χ1v) is 6.83. The summed E-state index contributed by atoms with van der Waals surface area (Å²) in [5, 5.41) is 0. The van der Waals surface area contributed by atoms with Crippen LogP contribution in [0, 0.1) is 5.92 Å². The third-order valence-electron chi connectivity index (χ3n) is 3.73. The number of anilines is 1. The first-order valence-electron chi connectivity index (χ1n) is 6.83. The van der Waals surface area contributed by atoms with Crippen molar-refractivity contribution in [2.45, 2.75) is 32.2 Å². The van der Waals surface area contributed by atoms with E-state index in [1.807, 2.05) is 6.07 Å². The molecule has 3 nitrogen and oxygen atoms in total. The smallest absolute Gasteiger partial charge is 0.120 e. The average Bonchev–Trinajstić information content (AvgIpc) is 2.85. The highest BCUT2D eigenvalue weighted by Gasteiger charge is 2.22. The van der Waals surface area contributed by atoms with Crippen LogP contribution in [0.5, 0.6) is 5.75 Å². The fourth-order valence-electron chi connectivity index (χ4n) is 2.61. The van der Waals surface area contributed by atoms with Crippen LogP contribution in [0.25, 0.3) is 0 Å². The number of benzene rings is 1. The van der Waals surface area contributed by atoms with Gasteiger partial charge in [0.15, 0.2) is 0 Å². The summed E-state index contributed by atoms with van der Waals surface area (Å²) in [4.78, 5) is 2.45. The molecule has 0 spiro atoms. The Kier molecular flexibility index (Phi) is 4.48. The molecule has 0 bridgehead atoms. The Morgan fingerprint density at radius 3 is 3.06 bits per heavy atom. The van der Waals surface area contributed by atoms with Crippen molar-refractivity contribution in [3.05, 3.63) is 24.3 Å². The molecule has 1 fully saturated rings. The van der Waals surface area contributed by atoms with Gasteiger partial charge in [-0.05, 0) is 44.2 Å². The number of rotatable bonds is 5. The second-order valence-electron chi connectivity index (χ2n) is 5.36. The van der Waals surface area contributed by atoms with Crippen molar-refractivity contribution in [2.24, 2.45) is 11.7 Å². The molecule has 3 heteroatoms. The lowest BCUT2D eigenvalue weighted by Gasteiger charge is -2.19. The van der Waals surface area contributed by atoms with Crippen molar-refractivity contribution in [1.82, 2.24) is 0 Å². The highest BCUT2D eigenvalue weighted by molar-refractivity contribution is 5.51. The summed E-state index contributed by atoms with van der Waals surface area (Å²) in [6.07, 6.45) is 3.67. The van der Waals surface area contributed by atoms with Gasteiger partial charge in [0.25, 0.3) is 0 Å². The van der Waals surface area contributed by atoms with Crippen LogP contribution in [-0.2, 0) is 0 Å². The number of hydrogen-bond donors (Lipinski definition) is 1. The fourth-order valence-corrected chi connectivity index (χ4v) is 2.61. The largest absolute Gasteiger partial charge is 0.497 e. The van der Waals surface area contributed by atoms with E-state index < -0.39 is 0 Å². The summed E-state index contributed by atoms with van der Waals surface area (Å²) in [6.45, 7) is 4.39. The van der Waals surface area contributed by atoms with Crippen molar-refractivity contribution < 1.29 is 4.74 Å². The molecule has 1 aliphatic heterocycles. The highest BCUT2D eigenvalue weighted by Crippen LogP contribution is 2.28. The Balaban J connectivity index is 1.91. The molecule has 1 saturated heterocycles. The molecule has 1 aromatic carbocycles. The predicted octanol–water partition coefficient (Wildman–Crippen LogP) is 2.65. The molecule has 100 valence electrons.